The lowest BCUT2D eigenvalue weighted by Crippen LogP contribution is -2.58. The van der Waals surface area contributed by atoms with E-state index >= 15 is 0 Å². The highest BCUT2D eigenvalue weighted by atomic mass is 19.1. The van der Waals surface area contributed by atoms with E-state index in [1.807, 2.05) is 6.92 Å². The van der Waals surface area contributed by atoms with Crippen LogP contribution >= 0.6 is 0 Å². The zero-order valence-electron chi connectivity index (χ0n) is 20.6. The first-order valence-corrected chi connectivity index (χ1v) is 12.5. The summed E-state index contributed by atoms with van der Waals surface area (Å²) in [5.41, 5.74) is 1.21. The summed E-state index contributed by atoms with van der Waals surface area (Å²) in [5.74, 6) is -1.13. The lowest BCUT2D eigenvalue weighted by Gasteiger charge is -2.56. The molecule has 1 aromatic carbocycles. The van der Waals surface area contributed by atoms with E-state index in [-0.39, 0.29) is 52.8 Å². The van der Waals surface area contributed by atoms with E-state index in [0.717, 1.165) is 31.2 Å². The highest BCUT2D eigenvalue weighted by molar-refractivity contribution is 5.93. The molecule has 2 fully saturated rings. The van der Waals surface area contributed by atoms with E-state index in [9.17, 15) is 19.1 Å². The van der Waals surface area contributed by atoms with Crippen LogP contribution in [0.2, 0.25) is 0 Å². The minimum absolute atomic E-state index is 0.0281. The fourth-order valence-electron chi connectivity index (χ4n) is 6.31. The summed E-state index contributed by atoms with van der Waals surface area (Å²) in [7, 11) is 0. The molecule has 2 aliphatic carbocycles. The average molecular weight is 483 g/mol. The highest BCUT2D eigenvalue weighted by Crippen LogP contribution is 2.55. The molecule has 2 aromatic rings. The van der Waals surface area contributed by atoms with Gasteiger partial charge in [0.15, 0.2) is 0 Å². The first-order valence-electron chi connectivity index (χ1n) is 12.5. The number of rotatable bonds is 6. The van der Waals surface area contributed by atoms with Crippen LogP contribution in [0.5, 0.6) is 0 Å². The molecule has 1 heterocycles. The van der Waals surface area contributed by atoms with Gasteiger partial charge in [-0.2, -0.15) is 0 Å². The van der Waals surface area contributed by atoms with Gasteiger partial charge in [-0.25, -0.2) is 14.4 Å². The SMILES string of the molecule is C[C@@H]1[C@@H]2[C@@H](O)[C@@H]([C@H](C)C(=O)NCc3ccc(F)cc3)CC[C@]2(C)CC[C@@H]1NC(=O)c1cncnc1. The molecule has 7 nitrogen and oxygen atoms in total. The maximum atomic E-state index is 13.1. The van der Waals surface area contributed by atoms with Gasteiger partial charge < -0.3 is 15.7 Å². The first kappa shape index (κ1) is 25.2. The third kappa shape index (κ3) is 5.37. The number of fused-ring (bicyclic) bond motifs is 1. The molecular weight excluding hydrogens is 447 g/mol. The van der Waals surface area contributed by atoms with Crippen LogP contribution in [-0.4, -0.2) is 39.0 Å². The number of aliphatic hydroxyl groups excluding tert-OH is 1. The predicted octanol–water partition coefficient (Wildman–Crippen LogP) is 3.49. The Kier molecular flexibility index (Phi) is 7.50. The van der Waals surface area contributed by atoms with Crippen molar-refractivity contribution in [3.05, 3.63) is 59.9 Å². The Morgan fingerprint density at radius 1 is 1.17 bits per heavy atom. The van der Waals surface area contributed by atoms with Crippen molar-refractivity contribution >= 4 is 11.8 Å². The van der Waals surface area contributed by atoms with Crippen molar-refractivity contribution in [2.45, 2.75) is 65.1 Å². The second-order valence-corrected chi connectivity index (χ2v) is 10.6. The summed E-state index contributed by atoms with van der Waals surface area (Å²) in [6, 6.07) is 5.99. The molecule has 35 heavy (non-hydrogen) atoms. The fraction of sp³-hybridized carbons (Fsp3) is 0.556. The van der Waals surface area contributed by atoms with Crippen molar-refractivity contribution < 1.29 is 19.1 Å². The number of carbonyl (C=O) groups is 2. The van der Waals surface area contributed by atoms with Crippen LogP contribution in [0.25, 0.3) is 0 Å². The summed E-state index contributed by atoms with van der Waals surface area (Å²) in [4.78, 5) is 33.5. The molecule has 8 heteroatoms. The highest BCUT2D eigenvalue weighted by Gasteiger charge is 2.53. The number of aromatic nitrogens is 2. The van der Waals surface area contributed by atoms with Crippen LogP contribution in [0.1, 0.15) is 62.4 Å². The Morgan fingerprint density at radius 3 is 2.51 bits per heavy atom. The Balaban J connectivity index is 1.41. The van der Waals surface area contributed by atoms with E-state index < -0.39 is 6.10 Å². The Hall–Kier alpha value is -2.87. The van der Waals surface area contributed by atoms with Crippen molar-refractivity contribution in [2.24, 2.45) is 29.1 Å². The van der Waals surface area contributed by atoms with Gasteiger partial charge in [0.1, 0.15) is 12.1 Å². The van der Waals surface area contributed by atoms with Crippen molar-refractivity contribution in [3.8, 4) is 0 Å². The summed E-state index contributed by atoms with van der Waals surface area (Å²) >= 11 is 0. The van der Waals surface area contributed by atoms with Gasteiger partial charge in [0, 0.05) is 30.9 Å². The lowest BCUT2D eigenvalue weighted by molar-refractivity contribution is -0.142. The first-order chi connectivity index (χ1) is 16.7. The molecule has 0 saturated heterocycles. The smallest absolute Gasteiger partial charge is 0.254 e. The molecule has 188 valence electrons. The van der Waals surface area contributed by atoms with Gasteiger partial charge in [-0.3, -0.25) is 9.59 Å². The van der Waals surface area contributed by atoms with Crippen molar-refractivity contribution in [2.75, 3.05) is 0 Å². The number of nitrogens with zero attached hydrogens (tertiary/aromatic N) is 2. The van der Waals surface area contributed by atoms with E-state index in [4.69, 9.17) is 0 Å². The second kappa shape index (κ2) is 10.4. The van der Waals surface area contributed by atoms with Crippen LogP contribution in [-0.2, 0) is 11.3 Å². The summed E-state index contributed by atoms with van der Waals surface area (Å²) in [6.45, 7) is 6.52. The summed E-state index contributed by atoms with van der Waals surface area (Å²) < 4.78 is 13.1. The zero-order valence-corrected chi connectivity index (χ0v) is 20.6. The van der Waals surface area contributed by atoms with Gasteiger partial charge >= 0.3 is 0 Å². The number of carbonyl (C=O) groups excluding carboxylic acids is 2. The number of amides is 2. The fourth-order valence-corrected chi connectivity index (χ4v) is 6.31. The van der Waals surface area contributed by atoms with Gasteiger partial charge in [-0.15, -0.1) is 0 Å². The molecule has 2 amide bonds. The van der Waals surface area contributed by atoms with E-state index in [1.165, 1.54) is 30.9 Å². The molecule has 0 radical (unpaired) electrons. The Morgan fingerprint density at radius 2 is 1.83 bits per heavy atom. The molecule has 0 unspecified atom stereocenters. The van der Waals surface area contributed by atoms with Crippen LogP contribution in [0.3, 0.4) is 0 Å². The van der Waals surface area contributed by atoms with Crippen molar-refractivity contribution in [1.29, 1.82) is 0 Å². The van der Waals surface area contributed by atoms with Crippen molar-refractivity contribution in [1.82, 2.24) is 20.6 Å². The number of hydrogen-bond donors (Lipinski definition) is 3. The standard InChI is InChI=1S/C27H35FN4O3/c1-16(25(34)31-12-18-4-6-20(28)7-5-18)21-8-10-27(3)11-9-22(17(2)23(27)24(21)33)32-26(35)19-13-29-15-30-14-19/h4-7,13-17,21-24,33H,8-12H2,1-3H3,(H,31,34)(H,32,35)/t16-,17-,21+,22-,23+,24-,27+/m0/s1. The molecule has 2 saturated carbocycles. The number of hydrogen-bond acceptors (Lipinski definition) is 5. The van der Waals surface area contributed by atoms with Gasteiger partial charge in [0.25, 0.3) is 5.91 Å². The molecule has 3 N–H and O–H groups in total. The number of benzene rings is 1. The molecule has 2 aliphatic rings. The average Bonchev–Trinajstić information content (AvgIpc) is 2.85. The summed E-state index contributed by atoms with van der Waals surface area (Å²) in [6.07, 6.45) is 7.22. The zero-order chi connectivity index (χ0) is 25.2. The quantitative estimate of drug-likeness (QED) is 0.585. The molecule has 4 rings (SSSR count). The van der Waals surface area contributed by atoms with Gasteiger partial charge in [-0.1, -0.05) is 32.9 Å². The monoisotopic (exact) mass is 482 g/mol. The Bertz CT molecular complexity index is 1030. The maximum Gasteiger partial charge on any atom is 0.254 e. The molecule has 0 aliphatic heterocycles. The van der Waals surface area contributed by atoms with Crippen LogP contribution in [0, 0.1) is 34.9 Å². The predicted molar refractivity (Wildman–Crippen MR) is 129 cm³/mol. The van der Waals surface area contributed by atoms with E-state index in [2.05, 4.69) is 34.4 Å². The molecule has 7 atom stereocenters. The van der Waals surface area contributed by atoms with Gasteiger partial charge in [0.05, 0.1) is 11.7 Å². The lowest BCUT2D eigenvalue weighted by atomic mass is 9.51. The maximum absolute atomic E-state index is 13.1. The topological polar surface area (TPSA) is 104 Å². The molecule has 0 spiro atoms. The second-order valence-electron chi connectivity index (χ2n) is 10.6. The van der Waals surface area contributed by atoms with Crippen LogP contribution < -0.4 is 10.6 Å². The third-order valence-corrected chi connectivity index (χ3v) is 8.46. The van der Waals surface area contributed by atoms with Gasteiger partial charge in [-0.05, 0) is 66.5 Å². The largest absolute Gasteiger partial charge is 0.392 e. The normalized spacial score (nSPS) is 31.2. The Labute approximate surface area is 206 Å². The van der Waals surface area contributed by atoms with Crippen LogP contribution in [0.4, 0.5) is 4.39 Å². The molecular formula is C27H35FN4O3. The van der Waals surface area contributed by atoms with E-state index in [0.29, 0.717) is 12.1 Å². The minimum atomic E-state index is -0.643. The van der Waals surface area contributed by atoms with E-state index in [1.54, 1.807) is 12.1 Å². The number of aliphatic hydroxyl groups is 1. The van der Waals surface area contributed by atoms with Gasteiger partial charge in [0.2, 0.25) is 5.91 Å². The van der Waals surface area contributed by atoms with Crippen molar-refractivity contribution in [3.63, 3.8) is 0 Å². The van der Waals surface area contributed by atoms with Crippen LogP contribution in [0.15, 0.2) is 43.0 Å². The third-order valence-electron chi connectivity index (χ3n) is 8.46. The molecule has 1 aromatic heterocycles. The summed E-state index contributed by atoms with van der Waals surface area (Å²) in [5, 5.41) is 17.6. The minimum Gasteiger partial charge on any atom is -0.392 e. The molecule has 0 bridgehead atoms. The number of nitrogens with one attached hydrogen (secondary N) is 2. The number of halogens is 1.